The van der Waals surface area contributed by atoms with Crippen LogP contribution in [0.5, 0.6) is 0 Å². The minimum atomic E-state index is 0.401. The highest BCUT2D eigenvalue weighted by molar-refractivity contribution is 5.43. The first-order valence-corrected chi connectivity index (χ1v) is 5.67. The molecule has 1 saturated carbocycles. The van der Waals surface area contributed by atoms with Crippen molar-refractivity contribution in [3.05, 3.63) is 12.4 Å². The molecule has 0 unspecified atom stereocenters. The Morgan fingerprint density at radius 1 is 1.25 bits per heavy atom. The third kappa shape index (κ3) is 1.62. The van der Waals surface area contributed by atoms with E-state index >= 15 is 0 Å². The van der Waals surface area contributed by atoms with Crippen LogP contribution in [0.1, 0.15) is 27.7 Å². The van der Waals surface area contributed by atoms with Gasteiger partial charge in [-0.1, -0.05) is 27.7 Å². The third-order valence-electron chi connectivity index (χ3n) is 4.50. The van der Waals surface area contributed by atoms with Gasteiger partial charge in [-0.3, -0.25) is 0 Å². The fourth-order valence-electron chi connectivity index (χ4n) is 2.52. The Morgan fingerprint density at radius 2 is 1.88 bits per heavy atom. The Morgan fingerprint density at radius 3 is 2.38 bits per heavy atom. The van der Waals surface area contributed by atoms with Gasteiger partial charge in [-0.2, -0.15) is 0 Å². The quantitative estimate of drug-likeness (QED) is 0.819. The van der Waals surface area contributed by atoms with Crippen LogP contribution in [0.2, 0.25) is 0 Å². The number of nitrogens with two attached hydrogens (primary N) is 1. The fourth-order valence-corrected chi connectivity index (χ4v) is 2.52. The van der Waals surface area contributed by atoms with Crippen LogP contribution in [0, 0.1) is 16.7 Å². The summed E-state index contributed by atoms with van der Waals surface area (Å²) in [6.45, 7) is 10.2. The Labute approximate surface area is 96.7 Å². The molecular formula is C12H20N4. The van der Waals surface area contributed by atoms with Gasteiger partial charge in [0.15, 0.2) is 0 Å². The maximum absolute atomic E-state index is 5.60. The molecule has 4 heteroatoms. The van der Waals surface area contributed by atoms with Crippen LogP contribution in [-0.4, -0.2) is 16.5 Å². The highest BCUT2D eigenvalue weighted by atomic mass is 15.0. The summed E-state index contributed by atoms with van der Waals surface area (Å²) >= 11 is 0. The Hall–Kier alpha value is -1.32. The van der Waals surface area contributed by atoms with E-state index in [0.717, 1.165) is 12.4 Å². The number of rotatable bonds is 3. The van der Waals surface area contributed by atoms with Gasteiger partial charge >= 0.3 is 0 Å². The molecule has 0 spiro atoms. The fraction of sp³-hybridized carbons (Fsp3) is 0.667. The molecule has 1 aromatic heterocycles. The summed E-state index contributed by atoms with van der Waals surface area (Å²) in [6.07, 6.45) is 1.49. The first-order valence-electron chi connectivity index (χ1n) is 5.67. The lowest BCUT2D eigenvalue weighted by Gasteiger charge is -2.06. The van der Waals surface area contributed by atoms with Crippen molar-refractivity contribution in [1.82, 2.24) is 9.97 Å². The highest BCUT2D eigenvalue weighted by Gasteiger charge is 2.64. The van der Waals surface area contributed by atoms with E-state index < -0.39 is 0 Å². The lowest BCUT2D eigenvalue weighted by atomic mass is 10.0. The minimum Gasteiger partial charge on any atom is -0.384 e. The first kappa shape index (κ1) is 11.2. The van der Waals surface area contributed by atoms with Gasteiger partial charge in [0, 0.05) is 12.6 Å². The smallest absolute Gasteiger partial charge is 0.131 e. The van der Waals surface area contributed by atoms with Crippen LogP contribution in [0.15, 0.2) is 12.4 Å². The van der Waals surface area contributed by atoms with Crippen molar-refractivity contribution in [2.75, 3.05) is 17.6 Å². The van der Waals surface area contributed by atoms with E-state index in [1.165, 1.54) is 6.33 Å². The number of anilines is 2. The van der Waals surface area contributed by atoms with Crippen LogP contribution in [0.4, 0.5) is 11.6 Å². The third-order valence-corrected chi connectivity index (χ3v) is 4.50. The van der Waals surface area contributed by atoms with E-state index in [1.54, 1.807) is 6.07 Å². The van der Waals surface area contributed by atoms with Crippen molar-refractivity contribution in [1.29, 1.82) is 0 Å². The van der Waals surface area contributed by atoms with E-state index in [4.69, 9.17) is 5.73 Å². The Kier molecular flexibility index (Phi) is 2.33. The SMILES string of the molecule is CC1(C)C(CNc2cc(N)ncn2)C1(C)C. The van der Waals surface area contributed by atoms with Crippen LogP contribution >= 0.6 is 0 Å². The lowest BCUT2D eigenvalue weighted by Crippen LogP contribution is -2.09. The van der Waals surface area contributed by atoms with Crippen LogP contribution in [0.25, 0.3) is 0 Å². The van der Waals surface area contributed by atoms with Crippen LogP contribution in [0.3, 0.4) is 0 Å². The topological polar surface area (TPSA) is 63.8 Å². The van der Waals surface area contributed by atoms with Crippen LogP contribution < -0.4 is 11.1 Å². The highest BCUT2D eigenvalue weighted by Crippen LogP contribution is 2.68. The van der Waals surface area contributed by atoms with Crippen molar-refractivity contribution < 1.29 is 0 Å². The summed E-state index contributed by atoms with van der Waals surface area (Å²) in [6, 6.07) is 1.77. The molecule has 3 N–H and O–H groups in total. The van der Waals surface area contributed by atoms with Crippen molar-refractivity contribution in [2.45, 2.75) is 27.7 Å². The molecule has 0 radical (unpaired) electrons. The molecule has 0 saturated heterocycles. The number of nitrogens with one attached hydrogen (secondary N) is 1. The molecule has 1 heterocycles. The average molecular weight is 220 g/mol. The first-order chi connectivity index (χ1) is 7.35. The van der Waals surface area contributed by atoms with Crippen molar-refractivity contribution in [2.24, 2.45) is 16.7 Å². The van der Waals surface area contributed by atoms with Gasteiger partial charge in [0.2, 0.25) is 0 Å². The number of nitrogens with zero attached hydrogens (tertiary/aromatic N) is 2. The molecule has 0 aromatic carbocycles. The van der Waals surface area contributed by atoms with Gasteiger partial charge < -0.3 is 11.1 Å². The molecule has 0 aliphatic heterocycles. The summed E-state index contributed by atoms with van der Waals surface area (Å²) in [4.78, 5) is 8.00. The molecule has 1 aliphatic rings. The van der Waals surface area contributed by atoms with E-state index in [2.05, 4.69) is 43.0 Å². The molecular weight excluding hydrogens is 200 g/mol. The molecule has 4 nitrogen and oxygen atoms in total. The maximum Gasteiger partial charge on any atom is 0.131 e. The number of hydrogen-bond acceptors (Lipinski definition) is 4. The monoisotopic (exact) mass is 220 g/mol. The summed E-state index contributed by atoms with van der Waals surface area (Å²) < 4.78 is 0. The minimum absolute atomic E-state index is 0.401. The molecule has 1 aliphatic carbocycles. The molecule has 2 rings (SSSR count). The van der Waals surface area contributed by atoms with E-state index in [1.807, 2.05) is 0 Å². The number of aromatic nitrogens is 2. The van der Waals surface area contributed by atoms with E-state index in [0.29, 0.717) is 22.6 Å². The van der Waals surface area contributed by atoms with Crippen molar-refractivity contribution >= 4 is 11.6 Å². The van der Waals surface area contributed by atoms with E-state index in [-0.39, 0.29) is 0 Å². The normalized spacial score (nSPS) is 21.8. The Balaban J connectivity index is 1.95. The molecule has 16 heavy (non-hydrogen) atoms. The second-order valence-corrected chi connectivity index (χ2v) is 5.70. The summed E-state index contributed by atoms with van der Waals surface area (Å²) in [5.74, 6) is 1.99. The molecule has 0 bridgehead atoms. The van der Waals surface area contributed by atoms with E-state index in [9.17, 15) is 0 Å². The largest absolute Gasteiger partial charge is 0.384 e. The molecule has 1 aromatic rings. The second kappa shape index (κ2) is 3.34. The second-order valence-electron chi connectivity index (χ2n) is 5.70. The molecule has 0 atom stereocenters. The van der Waals surface area contributed by atoms with Gasteiger partial charge in [0.05, 0.1) is 0 Å². The Bertz CT molecular complexity index is 384. The van der Waals surface area contributed by atoms with Gasteiger partial charge in [-0.15, -0.1) is 0 Å². The predicted octanol–water partition coefficient (Wildman–Crippen LogP) is 2.15. The maximum atomic E-state index is 5.60. The van der Waals surface area contributed by atoms with Gasteiger partial charge in [0.25, 0.3) is 0 Å². The summed E-state index contributed by atoms with van der Waals surface area (Å²) in [5.41, 5.74) is 6.40. The zero-order chi connectivity index (χ0) is 12.0. The van der Waals surface area contributed by atoms with Crippen LogP contribution in [-0.2, 0) is 0 Å². The average Bonchev–Trinajstić information content (AvgIpc) is 2.55. The van der Waals surface area contributed by atoms with Gasteiger partial charge in [-0.05, 0) is 16.7 Å². The summed E-state index contributed by atoms with van der Waals surface area (Å²) in [5, 5.41) is 3.33. The van der Waals surface area contributed by atoms with Gasteiger partial charge in [0.1, 0.15) is 18.0 Å². The summed E-state index contributed by atoms with van der Waals surface area (Å²) in [7, 11) is 0. The zero-order valence-corrected chi connectivity index (χ0v) is 10.4. The molecule has 88 valence electrons. The lowest BCUT2D eigenvalue weighted by molar-refractivity contribution is 0.457. The predicted molar refractivity (Wildman–Crippen MR) is 66.0 cm³/mol. The van der Waals surface area contributed by atoms with Gasteiger partial charge in [-0.25, -0.2) is 9.97 Å². The molecule has 0 amide bonds. The molecule has 1 fully saturated rings. The standard InChI is InChI=1S/C12H20N4/c1-11(2)8(12(11,3)4)6-14-10-5-9(13)15-7-16-10/h5,7-8H,6H2,1-4H3,(H3,13,14,15,16). The zero-order valence-electron chi connectivity index (χ0n) is 10.4. The number of nitrogen functional groups attached to an aromatic ring is 1. The van der Waals surface area contributed by atoms with Crippen molar-refractivity contribution in [3.8, 4) is 0 Å². The van der Waals surface area contributed by atoms with Crippen molar-refractivity contribution in [3.63, 3.8) is 0 Å². The number of hydrogen-bond donors (Lipinski definition) is 2.